The van der Waals surface area contributed by atoms with E-state index in [-0.39, 0.29) is 5.91 Å². The molecular weight excluding hydrogens is 224 g/mol. The first-order chi connectivity index (χ1) is 7.68. The first-order valence-corrected chi connectivity index (χ1v) is 6.49. The molecule has 1 N–H and O–H groups in total. The number of likely N-dealkylation sites (tertiary alicyclic amines) is 1. The summed E-state index contributed by atoms with van der Waals surface area (Å²) in [6, 6.07) is 0. The summed E-state index contributed by atoms with van der Waals surface area (Å²) >= 11 is 1.48. The van der Waals surface area contributed by atoms with E-state index >= 15 is 0 Å². The summed E-state index contributed by atoms with van der Waals surface area (Å²) in [7, 11) is 0. The number of aliphatic hydroxyl groups is 1. The number of nitrogens with zero attached hydrogens (tertiary/aromatic N) is 2. The second-order valence-corrected chi connectivity index (χ2v) is 5.06. The summed E-state index contributed by atoms with van der Waals surface area (Å²) in [6.45, 7) is 3.84. The van der Waals surface area contributed by atoms with Crippen LogP contribution in [0.25, 0.3) is 0 Å². The fraction of sp³-hybridized carbons (Fsp3) is 0.636. The monoisotopic (exact) mass is 241 g/mol. The highest BCUT2D eigenvalue weighted by molar-refractivity contribution is 7.09. The molecule has 1 fully saturated rings. The molecule has 0 bridgehead atoms. The Balaban J connectivity index is 2.02. The number of rotatable bonds is 3. The molecule has 1 amide bonds. The third kappa shape index (κ3) is 2.41. The number of hydrogen-bond donors (Lipinski definition) is 1. The van der Waals surface area contributed by atoms with Crippen molar-refractivity contribution in [1.29, 1.82) is 0 Å². The number of amides is 1. The van der Waals surface area contributed by atoms with Gasteiger partial charge < -0.3 is 10.0 Å². The van der Waals surface area contributed by atoms with E-state index in [9.17, 15) is 9.90 Å². The van der Waals surface area contributed by atoms with Crippen molar-refractivity contribution >= 4 is 17.2 Å². The summed E-state index contributed by atoms with van der Waals surface area (Å²) in [6.07, 6.45) is 3.58. The van der Waals surface area contributed by atoms with Gasteiger partial charge in [-0.15, -0.1) is 0 Å². The second-order valence-electron chi connectivity index (χ2n) is 4.13. The number of hydrogen-bond acceptors (Lipinski definition) is 3. The van der Waals surface area contributed by atoms with E-state index in [0.29, 0.717) is 6.54 Å². The van der Waals surface area contributed by atoms with Gasteiger partial charge in [0.25, 0.3) is 10.9 Å². The van der Waals surface area contributed by atoms with Gasteiger partial charge in [0.15, 0.2) is 6.20 Å². The van der Waals surface area contributed by atoms with Crippen molar-refractivity contribution in [1.82, 2.24) is 4.90 Å². The van der Waals surface area contributed by atoms with Crippen molar-refractivity contribution in [2.24, 2.45) is 0 Å². The maximum absolute atomic E-state index is 11.9. The molecule has 1 aliphatic heterocycles. The SMILES string of the molecule is CC(O)c1scc[n+]1CC(=O)N1CCCC1. The molecule has 0 spiro atoms. The van der Waals surface area contributed by atoms with Crippen LogP contribution in [0.2, 0.25) is 0 Å². The van der Waals surface area contributed by atoms with Gasteiger partial charge in [-0.1, -0.05) is 11.3 Å². The molecule has 88 valence electrons. The third-order valence-electron chi connectivity index (χ3n) is 2.83. The van der Waals surface area contributed by atoms with Crippen LogP contribution in [0.1, 0.15) is 30.9 Å². The summed E-state index contributed by atoms with van der Waals surface area (Å²) < 4.78 is 1.84. The van der Waals surface area contributed by atoms with E-state index in [0.717, 1.165) is 30.9 Å². The summed E-state index contributed by atoms with van der Waals surface area (Å²) in [5.74, 6) is 0.155. The van der Waals surface area contributed by atoms with Gasteiger partial charge in [0.05, 0.1) is 5.38 Å². The molecule has 4 nitrogen and oxygen atoms in total. The predicted molar refractivity (Wildman–Crippen MR) is 61.0 cm³/mol. The zero-order valence-electron chi connectivity index (χ0n) is 9.43. The van der Waals surface area contributed by atoms with Crippen LogP contribution in [0.15, 0.2) is 11.6 Å². The van der Waals surface area contributed by atoms with Crippen LogP contribution in [-0.4, -0.2) is 29.0 Å². The number of carbonyl (C=O) groups is 1. The largest absolute Gasteiger partial charge is 0.381 e. The minimum atomic E-state index is -0.508. The maximum atomic E-state index is 11.9. The Morgan fingerprint density at radius 1 is 1.62 bits per heavy atom. The van der Waals surface area contributed by atoms with Crippen molar-refractivity contribution in [2.75, 3.05) is 13.1 Å². The molecule has 1 unspecified atom stereocenters. The fourth-order valence-corrected chi connectivity index (χ4v) is 2.80. The van der Waals surface area contributed by atoms with Gasteiger partial charge in [0.1, 0.15) is 6.10 Å². The van der Waals surface area contributed by atoms with E-state index < -0.39 is 6.10 Å². The average Bonchev–Trinajstić information content (AvgIpc) is 2.86. The number of aromatic nitrogens is 1. The van der Waals surface area contributed by atoms with Crippen LogP contribution in [0.4, 0.5) is 0 Å². The quantitative estimate of drug-likeness (QED) is 0.792. The summed E-state index contributed by atoms with van der Waals surface area (Å²) in [5.41, 5.74) is 0. The third-order valence-corrected chi connectivity index (χ3v) is 3.91. The minimum absolute atomic E-state index is 0.155. The van der Waals surface area contributed by atoms with E-state index in [4.69, 9.17) is 0 Å². The van der Waals surface area contributed by atoms with Gasteiger partial charge in [0, 0.05) is 13.1 Å². The number of thiazole rings is 1. The molecular formula is C11H17N2O2S+. The van der Waals surface area contributed by atoms with Gasteiger partial charge in [0.2, 0.25) is 6.54 Å². The van der Waals surface area contributed by atoms with E-state index in [1.54, 1.807) is 6.92 Å². The number of carbonyl (C=O) groups excluding carboxylic acids is 1. The highest BCUT2D eigenvalue weighted by Crippen LogP contribution is 2.13. The Morgan fingerprint density at radius 2 is 2.31 bits per heavy atom. The lowest BCUT2D eigenvalue weighted by molar-refractivity contribution is -0.690. The van der Waals surface area contributed by atoms with Crippen LogP contribution in [0.3, 0.4) is 0 Å². The van der Waals surface area contributed by atoms with Crippen molar-refractivity contribution in [2.45, 2.75) is 32.4 Å². The van der Waals surface area contributed by atoms with Gasteiger partial charge >= 0.3 is 0 Å². The van der Waals surface area contributed by atoms with E-state index in [1.165, 1.54) is 11.3 Å². The van der Waals surface area contributed by atoms with Crippen molar-refractivity contribution in [3.63, 3.8) is 0 Å². The lowest BCUT2D eigenvalue weighted by Gasteiger charge is -2.12. The molecule has 0 saturated carbocycles. The highest BCUT2D eigenvalue weighted by atomic mass is 32.1. The molecule has 1 aromatic heterocycles. The Kier molecular flexibility index (Phi) is 3.56. The van der Waals surface area contributed by atoms with Crippen LogP contribution in [0.5, 0.6) is 0 Å². The van der Waals surface area contributed by atoms with Crippen LogP contribution in [0, 0.1) is 0 Å². The minimum Gasteiger partial charge on any atom is -0.381 e. The normalized spacial score (nSPS) is 17.8. The molecule has 0 radical (unpaired) electrons. The standard InChI is InChI=1S/C11H17N2O2S/c1-9(14)11-13(6-7-16-11)8-10(15)12-4-2-3-5-12/h6-7,9,14H,2-5,8H2,1H3/q+1. The molecule has 1 aliphatic rings. The number of aliphatic hydroxyl groups excluding tert-OH is 1. The lowest BCUT2D eigenvalue weighted by atomic mass is 10.4. The molecule has 2 rings (SSSR count). The van der Waals surface area contributed by atoms with E-state index in [2.05, 4.69) is 0 Å². The van der Waals surface area contributed by atoms with Crippen LogP contribution in [-0.2, 0) is 11.3 Å². The van der Waals surface area contributed by atoms with E-state index in [1.807, 2.05) is 21.0 Å². The molecule has 2 heterocycles. The molecule has 1 saturated heterocycles. The van der Waals surface area contributed by atoms with Gasteiger partial charge in [-0.2, -0.15) is 4.57 Å². The zero-order chi connectivity index (χ0) is 11.5. The maximum Gasteiger partial charge on any atom is 0.288 e. The molecule has 1 atom stereocenters. The highest BCUT2D eigenvalue weighted by Gasteiger charge is 2.25. The second kappa shape index (κ2) is 4.93. The Bertz CT molecular complexity index is 370. The summed E-state index contributed by atoms with van der Waals surface area (Å²) in [5, 5.41) is 12.3. The smallest absolute Gasteiger partial charge is 0.288 e. The molecule has 16 heavy (non-hydrogen) atoms. The fourth-order valence-electron chi connectivity index (χ4n) is 2.00. The molecule has 1 aromatic rings. The first-order valence-electron chi connectivity index (χ1n) is 5.61. The van der Waals surface area contributed by atoms with Crippen LogP contribution < -0.4 is 4.57 Å². The molecule has 5 heteroatoms. The average molecular weight is 241 g/mol. The lowest BCUT2D eigenvalue weighted by Crippen LogP contribution is -2.45. The van der Waals surface area contributed by atoms with Crippen molar-refractivity contribution in [3.05, 3.63) is 16.6 Å². The van der Waals surface area contributed by atoms with Gasteiger partial charge in [-0.3, -0.25) is 4.79 Å². The predicted octanol–water partition coefficient (Wildman–Crippen LogP) is 0.711. The Morgan fingerprint density at radius 3 is 2.94 bits per heavy atom. The zero-order valence-corrected chi connectivity index (χ0v) is 10.2. The van der Waals surface area contributed by atoms with Crippen LogP contribution >= 0.6 is 11.3 Å². The Labute approximate surface area is 99.1 Å². The van der Waals surface area contributed by atoms with Crippen molar-refractivity contribution < 1.29 is 14.5 Å². The molecule has 0 aliphatic carbocycles. The van der Waals surface area contributed by atoms with Gasteiger partial charge in [-0.05, 0) is 19.8 Å². The topological polar surface area (TPSA) is 44.4 Å². The van der Waals surface area contributed by atoms with Crippen molar-refractivity contribution in [3.8, 4) is 0 Å². The van der Waals surface area contributed by atoms with Gasteiger partial charge in [-0.25, -0.2) is 0 Å². The molecule has 0 aromatic carbocycles. The Hall–Kier alpha value is -0.940. The summed E-state index contributed by atoms with van der Waals surface area (Å²) in [4.78, 5) is 13.8. The first kappa shape index (κ1) is 11.5.